The van der Waals surface area contributed by atoms with Crippen LogP contribution in [-0.4, -0.2) is 0 Å². The van der Waals surface area contributed by atoms with Gasteiger partial charge in [-0.25, -0.2) is 0 Å². The van der Waals surface area contributed by atoms with Crippen molar-refractivity contribution in [2.75, 3.05) is 5.73 Å². The van der Waals surface area contributed by atoms with Gasteiger partial charge in [0, 0.05) is 11.1 Å². The molecule has 1 nitrogen and oxygen atoms in total. The third-order valence-corrected chi connectivity index (χ3v) is 4.88. The average Bonchev–Trinajstić information content (AvgIpc) is 2.55. The molecule has 0 saturated carbocycles. The van der Waals surface area contributed by atoms with E-state index >= 15 is 0 Å². The molecule has 0 aliphatic heterocycles. The Labute approximate surface area is 128 Å². The summed E-state index contributed by atoms with van der Waals surface area (Å²) in [5, 5.41) is 10.2. The van der Waals surface area contributed by atoms with E-state index in [0.717, 1.165) is 11.3 Å². The number of hydrogen-bond donors (Lipinski definition) is 1. The van der Waals surface area contributed by atoms with Crippen molar-refractivity contribution < 1.29 is 0 Å². The van der Waals surface area contributed by atoms with Crippen molar-refractivity contribution in [2.24, 2.45) is 0 Å². The first-order valence-corrected chi connectivity index (χ1v) is 7.60. The molecule has 2 N–H and O–H groups in total. The second kappa shape index (κ2) is 3.89. The van der Waals surface area contributed by atoms with Crippen LogP contribution in [0.3, 0.4) is 0 Å². The summed E-state index contributed by atoms with van der Waals surface area (Å²) in [5.41, 5.74) is 8.55. The van der Waals surface area contributed by atoms with Crippen LogP contribution in [0.2, 0.25) is 0 Å². The predicted octanol–water partition coefficient (Wildman–Crippen LogP) is 5.63. The molecule has 0 heterocycles. The Balaban J connectivity index is 2.31. The number of anilines is 1. The van der Waals surface area contributed by atoms with Crippen molar-refractivity contribution in [3.05, 3.63) is 66.2 Å². The molecule has 0 aliphatic rings. The normalized spacial score (nSPS) is 12.0. The number of benzene rings is 5. The molecule has 5 aromatic rings. The van der Waals surface area contributed by atoms with Gasteiger partial charge in [0.15, 0.2) is 0 Å². The second-order valence-electron chi connectivity index (χ2n) is 6.10. The number of rotatable bonds is 0. The highest BCUT2D eigenvalue weighted by Crippen LogP contribution is 2.43. The highest BCUT2D eigenvalue weighted by molar-refractivity contribution is 6.35. The molecule has 0 radical (unpaired) electrons. The molecule has 0 amide bonds. The van der Waals surface area contributed by atoms with E-state index in [1.54, 1.807) is 0 Å². The van der Waals surface area contributed by atoms with Crippen LogP contribution in [-0.2, 0) is 0 Å². The minimum Gasteiger partial charge on any atom is -0.398 e. The van der Waals surface area contributed by atoms with Crippen molar-refractivity contribution >= 4 is 48.8 Å². The fraction of sp³-hybridized carbons (Fsp3) is 0.0476. The summed E-state index contributed by atoms with van der Waals surface area (Å²) in [6, 6.07) is 21.8. The minimum absolute atomic E-state index is 0.905. The van der Waals surface area contributed by atoms with E-state index < -0.39 is 0 Å². The van der Waals surface area contributed by atoms with Crippen LogP contribution in [0.5, 0.6) is 0 Å². The number of nitrogens with two attached hydrogens (primary N) is 1. The predicted molar refractivity (Wildman–Crippen MR) is 96.8 cm³/mol. The quantitative estimate of drug-likeness (QED) is 0.222. The van der Waals surface area contributed by atoms with Gasteiger partial charge in [-0.2, -0.15) is 0 Å². The molecule has 0 bridgehead atoms. The lowest BCUT2D eigenvalue weighted by atomic mass is 9.88. The monoisotopic (exact) mass is 281 g/mol. The SMILES string of the molecule is Cc1cc2cccc3c4cccc5cccc(c(c1N)c23)c54. The Bertz CT molecular complexity index is 1180. The first-order valence-electron chi connectivity index (χ1n) is 7.60. The number of aryl methyl sites for hydroxylation is 1. The van der Waals surface area contributed by atoms with Crippen molar-refractivity contribution in [2.45, 2.75) is 6.92 Å². The second-order valence-corrected chi connectivity index (χ2v) is 6.10. The largest absolute Gasteiger partial charge is 0.398 e. The third-order valence-electron chi connectivity index (χ3n) is 4.88. The van der Waals surface area contributed by atoms with E-state index in [0.29, 0.717) is 0 Å². The van der Waals surface area contributed by atoms with Crippen LogP contribution in [0.4, 0.5) is 5.69 Å². The van der Waals surface area contributed by atoms with E-state index in [9.17, 15) is 0 Å². The fourth-order valence-electron chi connectivity index (χ4n) is 3.89. The summed E-state index contributed by atoms with van der Waals surface area (Å²) in [5.74, 6) is 0. The van der Waals surface area contributed by atoms with Crippen LogP contribution in [0.15, 0.2) is 60.7 Å². The topological polar surface area (TPSA) is 26.0 Å². The van der Waals surface area contributed by atoms with Gasteiger partial charge in [0.25, 0.3) is 0 Å². The molecule has 0 atom stereocenters. The van der Waals surface area contributed by atoms with Crippen molar-refractivity contribution in [3.63, 3.8) is 0 Å². The summed E-state index contributed by atoms with van der Waals surface area (Å²) < 4.78 is 0. The molecule has 0 aromatic heterocycles. The fourth-order valence-corrected chi connectivity index (χ4v) is 3.89. The standard InChI is InChI=1S/C21H15N/c1-12-11-14-7-4-9-16-15-8-2-5-13-6-3-10-17(18(13)15)20(19(14)16)21(12)22/h2-11H,22H2,1H3. The first kappa shape index (κ1) is 11.8. The zero-order valence-electron chi connectivity index (χ0n) is 12.4. The molecule has 0 spiro atoms. The number of hydrogen-bond acceptors (Lipinski definition) is 1. The van der Waals surface area contributed by atoms with E-state index in [4.69, 9.17) is 5.73 Å². The van der Waals surface area contributed by atoms with Crippen LogP contribution in [0, 0.1) is 6.92 Å². The first-order chi connectivity index (χ1) is 10.8. The lowest BCUT2D eigenvalue weighted by Gasteiger charge is -2.17. The van der Waals surface area contributed by atoms with Crippen molar-refractivity contribution in [1.29, 1.82) is 0 Å². The highest BCUT2D eigenvalue weighted by Gasteiger charge is 2.15. The van der Waals surface area contributed by atoms with E-state index in [1.807, 2.05) is 0 Å². The van der Waals surface area contributed by atoms with E-state index in [1.165, 1.54) is 43.1 Å². The van der Waals surface area contributed by atoms with E-state index in [-0.39, 0.29) is 0 Å². The van der Waals surface area contributed by atoms with Gasteiger partial charge in [-0.05, 0) is 56.3 Å². The molecule has 0 unspecified atom stereocenters. The van der Waals surface area contributed by atoms with Crippen molar-refractivity contribution in [1.82, 2.24) is 0 Å². The van der Waals surface area contributed by atoms with Crippen LogP contribution in [0.25, 0.3) is 43.1 Å². The highest BCUT2D eigenvalue weighted by atomic mass is 14.6. The maximum atomic E-state index is 6.49. The number of fused-ring (bicyclic) bond motifs is 2. The van der Waals surface area contributed by atoms with Gasteiger partial charge in [-0.15, -0.1) is 0 Å². The molecular weight excluding hydrogens is 266 g/mol. The maximum absolute atomic E-state index is 6.49. The Morgan fingerprint density at radius 3 is 1.95 bits per heavy atom. The van der Waals surface area contributed by atoms with E-state index in [2.05, 4.69) is 67.6 Å². The van der Waals surface area contributed by atoms with Crippen LogP contribution < -0.4 is 5.73 Å². The molecule has 104 valence electrons. The van der Waals surface area contributed by atoms with Gasteiger partial charge in [0.05, 0.1) is 0 Å². The zero-order chi connectivity index (χ0) is 14.8. The lowest BCUT2D eigenvalue weighted by molar-refractivity contribution is 1.52. The minimum atomic E-state index is 0.905. The average molecular weight is 281 g/mol. The molecule has 22 heavy (non-hydrogen) atoms. The molecule has 0 aliphatic carbocycles. The molecular formula is C21H15N. The number of nitrogen functional groups attached to an aromatic ring is 1. The van der Waals surface area contributed by atoms with Crippen LogP contribution >= 0.6 is 0 Å². The molecule has 5 aromatic carbocycles. The Morgan fingerprint density at radius 1 is 0.636 bits per heavy atom. The smallest absolute Gasteiger partial charge is 0.0430 e. The lowest BCUT2D eigenvalue weighted by Crippen LogP contribution is -1.95. The molecule has 1 heteroatoms. The summed E-state index contributed by atoms with van der Waals surface area (Å²) in [4.78, 5) is 0. The Morgan fingerprint density at radius 2 is 1.23 bits per heavy atom. The maximum Gasteiger partial charge on any atom is 0.0430 e. The van der Waals surface area contributed by atoms with Gasteiger partial charge in [-0.3, -0.25) is 0 Å². The summed E-state index contributed by atoms with van der Waals surface area (Å²) in [6.45, 7) is 2.10. The summed E-state index contributed by atoms with van der Waals surface area (Å²) in [7, 11) is 0. The molecule has 0 saturated heterocycles. The van der Waals surface area contributed by atoms with Gasteiger partial charge in [0.2, 0.25) is 0 Å². The molecule has 5 rings (SSSR count). The summed E-state index contributed by atoms with van der Waals surface area (Å²) >= 11 is 0. The Hall–Kier alpha value is -2.80. The zero-order valence-corrected chi connectivity index (χ0v) is 12.4. The summed E-state index contributed by atoms with van der Waals surface area (Å²) in [6.07, 6.45) is 0. The van der Waals surface area contributed by atoms with Gasteiger partial charge in [0.1, 0.15) is 0 Å². The van der Waals surface area contributed by atoms with Gasteiger partial charge < -0.3 is 5.73 Å². The Kier molecular flexibility index (Phi) is 2.09. The van der Waals surface area contributed by atoms with Crippen molar-refractivity contribution in [3.8, 4) is 0 Å². The molecule has 0 fully saturated rings. The van der Waals surface area contributed by atoms with Gasteiger partial charge in [-0.1, -0.05) is 54.6 Å². The third kappa shape index (κ3) is 1.29. The van der Waals surface area contributed by atoms with Crippen LogP contribution in [0.1, 0.15) is 5.56 Å². The van der Waals surface area contributed by atoms with Gasteiger partial charge >= 0.3 is 0 Å².